The molecule has 0 fully saturated rings. The van der Waals surface area contributed by atoms with Crippen LogP contribution < -0.4 is 21.3 Å². The number of allylic oxidation sites excluding steroid dienone is 2. The number of amides is 11. The summed E-state index contributed by atoms with van der Waals surface area (Å²) in [6.45, 7) is 27.9. The lowest BCUT2D eigenvalue weighted by Crippen LogP contribution is -2.64. The molecule has 0 aliphatic heterocycles. The number of carbonyl (C=O) groups excluding carboxylic acids is 13. The molecule has 0 aromatic heterocycles. The van der Waals surface area contributed by atoms with Gasteiger partial charge < -0.3 is 70.0 Å². The smallest absolute Gasteiger partial charge is 0.468 e. The minimum atomic E-state index is -5.57. The maximum atomic E-state index is 15.2. The molecule has 0 saturated heterocycles. The van der Waals surface area contributed by atoms with Crippen molar-refractivity contribution < 1.29 is 94.8 Å². The van der Waals surface area contributed by atoms with Crippen molar-refractivity contribution in [3.05, 3.63) is 12.2 Å². The minimum Gasteiger partial charge on any atom is -0.468 e. The average molecular weight is 1400 g/mol. The Morgan fingerprint density at radius 2 is 0.959 bits per heavy atom. The summed E-state index contributed by atoms with van der Waals surface area (Å²) in [6.07, 6.45) is -5.48. The SMILES string of the molecule is C/C=C/C[C@@H](C)[C@@H](OC(=O)C(F)(F)F)[C@@H](C(=O)N[C@@H](CC)C(=O)N(C)CC(=O)OC)N(C)C(=O)[C@H](C(C)C)N(C)C(=O)[C@H](CC(C)C)N(C)C(=O)[C@H](CC(C)C)N(C)C(=O)[C@H](C)NC(=O)[C@@H](C)NC(=O)[C@H](CC(C)C)N(C)C(=O)[C@@H](NC(=O)[C@H](CO)N(C)C(=O)OC(C)(C)C)C(C)C. The highest BCUT2D eigenvalue weighted by Gasteiger charge is 2.50. The van der Waals surface area contributed by atoms with Crippen molar-refractivity contribution in [3.63, 3.8) is 0 Å². The van der Waals surface area contributed by atoms with Crippen molar-refractivity contribution in [3.8, 4) is 0 Å². The number of hydrogen-bond donors (Lipinski definition) is 5. The summed E-state index contributed by atoms with van der Waals surface area (Å²) in [6, 6.07) is -14.3. The molecule has 0 heterocycles. The average Bonchev–Trinajstić information content (AvgIpc) is 0.797. The summed E-state index contributed by atoms with van der Waals surface area (Å²) < 4.78 is 57.4. The lowest BCUT2D eigenvalue weighted by atomic mass is 9.91. The van der Waals surface area contributed by atoms with Crippen molar-refractivity contribution >= 4 is 77.1 Å². The summed E-state index contributed by atoms with van der Waals surface area (Å²) in [5.41, 5.74) is -0.922. The number of methoxy groups -OCH3 is 1. The van der Waals surface area contributed by atoms with Gasteiger partial charge in [0, 0.05) is 49.3 Å². The molecular formula is C67H116F3N11O17. The number of carbonyl (C=O) groups is 13. The molecule has 0 rings (SSSR count). The molecule has 0 spiro atoms. The van der Waals surface area contributed by atoms with E-state index in [1.807, 2.05) is 0 Å². The van der Waals surface area contributed by atoms with Crippen LogP contribution in [0.3, 0.4) is 0 Å². The van der Waals surface area contributed by atoms with Crippen LogP contribution in [0.5, 0.6) is 0 Å². The molecule has 98 heavy (non-hydrogen) atoms. The Kier molecular flexibility index (Phi) is 37.3. The second-order valence-corrected chi connectivity index (χ2v) is 28.2. The third kappa shape index (κ3) is 27.3. The van der Waals surface area contributed by atoms with Crippen LogP contribution in [0, 0.1) is 35.5 Å². The highest BCUT2D eigenvalue weighted by molar-refractivity contribution is 5.99. The Bertz CT molecular complexity index is 2760. The fourth-order valence-electron chi connectivity index (χ4n) is 10.8. The zero-order valence-electron chi connectivity index (χ0n) is 62.7. The first-order chi connectivity index (χ1) is 44.9. The maximum absolute atomic E-state index is 15.2. The molecule has 0 radical (unpaired) electrons. The van der Waals surface area contributed by atoms with E-state index in [0.717, 1.165) is 48.5 Å². The lowest BCUT2D eigenvalue weighted by Gasteiger charge is -2.42. The van der Waals surface area contributed by atoms with Gasteiger partial charge in [-0.05, 0) is 109 Å². The first kappa shape index (κ1) is 90.4. The largest absolute Gasteiger partial charge is 0.490 e. The van der Waals surface area contributed by atoms with Gasteiger partial charge in [-0.3, -0.25) is 57.6 Å². The molecule has 5 N–H and O–H groups in total. The normalized spacial score (nSPS) is 15.6. The molecule has 0 bridgehead atoms. The maximum Gasteiger partial charge on any atom is 0.490 e. The third-order valence-corrected chi connectivity index (χ3v) is 16.5. The molecule has 562 valence electrons. The highest BCUT2D eigenvalue weighted by atomic mass is 19.4. The van der Waals surface area contributed by atoms with Gasteiger partial charge in [0.15, 0.2) is 0 Å². The van der Waals surface area contributed by atoms with Gasteiger partial charge in [-0.2, -0.15) is 13.2 Å². The van der Waals surface area contributed by atoms with E-state index in [0.29, 0.717) is 0 Å². The summed E-state index contributed by atoms with van der Waals surface area (Å²) in [5.74, 6) is -15.2. The number of aliphatic hydroxyl groups excluding tert-OH is 1. The number of likely N-dealkylation sites (N-methyl/N-ethyl adjacent to an activating group) is 7. The van der Waals surface area contributed by atoms with Gasteiger partial charge in [0.2, 0.25) is 59.1 Å². The summed E-state index contributed by atoms with van der Waals surface area (Å²) >= 11 is 0. The molecule has 0 unspecified atom stereocenters. The predicted molar refractivity (Wildman–Crippen MR) is 359 cm³/mol. The quantitative estimate of drug-likeness (QED) is 0.0334. The molecule has 0 aromatic rings. The van der Waals surface area contributed by atoms with Crippen LogP contribution in [-0.2, 0) is 71.7 Å². The summed E-state index contributed by atoms with van der Waals surface area (Å²) in [7, 11) is 9.99. The number of hydrogen-bond acceptors (Lipinski definition) is 17. The molecule has 11 amide bonds. The van der Waals surface area contributed by atoms with Gasteiger partial charge in [-0.15, -0.1) is 0 Å². The van der Waals surface area contributed by atoms with E-state index in [2.05, 4.69) is 26.0 Å². The van der Waals surface area contributed by atoms with Crippen LogP contribution in [0.4, 0.5) is 18.0 Å². The third-order valence-electron chi connectivity index (χ3n) is 16.5. The van der Waals surface area contributed by atoms with Gasteiger partial charge in [0.25, 0.3) is 0 Å². The van der Waals surface area contributed by atoms with Crippen LogP contribution in [0.1, 0.15) is 157 Å². The van der Waals surface area contributed by atoms with E-state index >= 15 is 14.4 Å². The van der Waals surface area contributed by atoms with Crippen molar-refractivity contribution in [1.29, 1.82) is 0 Å². The molecule has 0 aromatic carbocycles. The number of alkyl halides is 3. The Labute approximate surface area is 577 Å². The number of nitrogens with zero attached hydrogens (tertiary/aromatic N) is 7. The van der Waals surface area contributed by atoms with E-state index in [-0.39, 0.29) is 49.9 Å². The molecule has 0 aliphatic carbocycles. The van der Waals surface area contributed by atoms with Gasteiger partial charge in [0.1, 0.15) is 78.7 Å². The van der Waals surface area contributed by atoms with Crippen LogP contribution >= 0.6 is 0 Å². The molecule has 31 heteroatoms. The fourth-order valence-corrected chi connectivity index (χ4v) is 10.8. The van der Waals surface area contributed by atoms with Crippen LogP contribution in [0.25, 0.3) is 0 Å². The van der Waals surface area contributed by atoms with E-state index in [4.69, 9.17) is 9.47 Å². The summed E-state index contributed by atoms with van der Waals surface area (Å²) in [5, 5.41) is 20.5. The monoisotopic (exact) mass is 1400 g/mol. The number of ether oxygens (including phenoxy) is 3. The first-order valence-electron chi connectivity index (χ1n) is 33.2. The van der Waals surface area contributed by atoms with E-state index in [1.165, 1.54) is 70.0 Å². The van der Waals surface area contributed by atoms with Gasteiger partial charge in [-0.1, -0.05) is 95.2 Å². The Morgan fingerprint density at radius 3 is 1.39 bits per heavy atom. The van der Waals surface area contributed by atoms with Gasteiger partial charge >= 0.3 is 24.2 Å². The Balaban J connectivity index is 7.32. The number of aliphatic hydroxyl groups is 1. The van der Waals surface area contributed by atoms with E-state index < -0.39 is 186 Å². The zero-order chi connectivity index (χ0) is 76.7. The van der Waals surface area contributed by atoms with Crippen LogP contribution in [-0.4, -0.2) is 264 Å². The summed E-state index contributed by atoms with van der Waals surface area (Å²) in [4.78, 5) is 189. The second kappa shape index (κ2) is 40.5. The fraction of sp³-hybridized carbons (Fsp3) is 0.776. The van der Waals surface area contributed by atoms with Crippen molar-refractivity contribution in [1.82, 2.24) is 55.6 Å². The molecule has 0 saturated carbocycles. The Hall–Kier alpha value is -7.60. The highest BCUT2D eigenvalue weighted by Crippen LogP contribution is 2.29. The number of nitrogens with one attached hydrogen (secondary N) is 4. The van der Waals surface area contributed by atoms with Crippen molar-refractivity contribution in [2.45, 2.75) is 235 Å². The van der Waals surface area contributed by atoms with Crippen molar-refractivity contribution in [2.24, 2.45) is 35.5 Å². The van der Waals surface area contributed by atoms with E-state index in [1.54, 1.807) is 109 Å². The first-order valence-corrected chi connectivity index (χ1v) is 33.2. The van der Waals surface area contributed by atoms with Crippen LogP contribution in [0.15, 0.2) is 12.2 Å². The molecule has 12 atom stereocenters. The zero-order valence-corrected chi connectivity index (χ0v) is 62.7. The van der Waals surface area contributed by atoms with Gasteiger partial charge in [0.05, 0.1) is 13.7 Å². The second-order valence-electron chi connectivity index (χ2n) is 28.2. The predicted octanol–water partition coefficient (Wildman–Crippen LogP) is 3.90. The lowest BCUT2D eigenvalue weighted by molar-refractivity contribution is -0.210. The van der Waals surface area contributed by atoms with Gasteiger partial charge in [-0.25, -0.2) is 9.59 Å². The van der Waals surface area contributed by atoms with Crippen molar-refractivity contribution in [2.75, 3.05) is 69.6 Å². The number of esters is 2. The minimum absolute atomic E-state index is 0.0146. The van der Waals surface area contributed by atoms with Crippen LogP contribution in [0.2, 0.25) is 0 Å². The standard InChI is InChI=1S/C67H116F3N11O17/c1-27-29-30-41(13)53(97-64(94)67(68,69)70)52(57(87)73-44(28-2)59(89)75(19)34-49(83)96-26)81(25)63(93)51(40(11)12)80(24)61(91)47(33-38(7)8)78(22)60(90)46(32-37(5)6)77(21)58(88)43(15)72-54(84)42(14)71-55(85)45(31-36(3)4)76(20)62(92)50(39(9)10)74-56(86)48(35-82)79(23)65(95)98-66(16,17)18/h27,29,36-48,50-53,82H,28,30-35H2,1-26H3,(H,71,85)(H,72,84)(H,73,87)(H,74,86)/b29-27+/t41-,42-,43+,44+,45+,46+,47+,48+,50+,51+,52+,53-/m1/s1. The Morgan fingerprint density at radius 1 is 0.510 bits per heavy atom. The number of halogens is 3. The van der Waals surface area contributed by atoms with E-state index in [9.17, 15) is 66.2 Å². The topological polar surface area (TPSA) is 341 Å². The number of rotatable bonds is 37. The molecule has 0 aliphatic rings. The molecule has 28 nitrogen and oxygen atoms in total. The molecular weight excluding hydrogens is 1290 g/mol.